The highest BCUT2D eigenvalue weighted by Gasteiger charge is 2.39. The molecular weight excluding hydrogens is 327 g/mol. The third-order valence-electron chi connectivity index (χ3n) is 2.83. The van der Waals surface area contributed by atoms with Gasteiger partial charge < -0.3 is 4.90 Å². The van der Waals surface area contributed by atoms with Gasteiger partial charge in [0.1, 0.15) is 9.85 Å². The van der Waals surface area contributed by atoms with Crippen LogP contribution < -0.4 is 4.90 Å². The molecule has 1 aromatic heterocycles. The van der Waals surface area contributed by atoms with Gasteiger partial charge in [-0.15, -0.1) is 3.89 Å². The molecule has 2 heterocycles. The summed E-state index contributed by atoms with van der Waals surface area (Å²) in [5.74, 6) is -0.409. The summed E-state index contributed by atoms with van der Waals surface area (Å²) in [6.07, 6.45) is 1.14. The summed E-state index contributed by atoms with van der Waals surface area (Å²) in [6, 6.07) is 1.71. The van der Waals surface area contributed by atoms with Crippen LogP contribution in [-0.2, 0) is 15.0 Å². The van der Waals surface area contributed by atoms with Gasteiger partial charge in [-0.1, -0.05) is 0 Å². The molecule has 0 radical (unpaired) electrons. The zero-order chi connectivity index (χ0) is 13.5. The molecule has 2 rings (SSSR count). The number of aromatic nitrogens is 1. The Balaban J connectivity index is 2.33. The monoisotopic (exact) mass is 336 g/mol. The van der Waals surface area contributed by atoms with Crippen molar-refractivity contribution in [3.8, 4) is 0 Å². The van der Waals surface area contributed by atoms with Crippen LogP contribution in [0.1, 0.15) is 12.0 Å². The number of anilines is 1. The number of halogens is 2. The van der Waals surface area contributed by atoms with Crippen molar-refractivity contribution < 1.29 is 17.1 Å². The van der Waals surface area contributed by atoms with Crippen LogP contribution in [0.15, 0.2) is 16.9 Å². The summed E-state index contributed by atoms with van der Waals surface area (Å²) in [5.41, 5.74) is 1.27. The quantitative estimate of drug-likeness (QED) is 0.607. The van der Waals surface area contributed by atoms with Gasteiger partial charge in [0.05, 0.1) is 11.9 Å². The second kappa shape index (κ2) is 4.58. The van der Waals surface area contributed by atoms with E-state index in [-0.39, 0.29) is 13.0 Å². The van der Waals surface area contributed by atoms with Crippen molar-refractivity contribution in [2.24, 2.45) is 0 Å². The number of hydrogen-bond donors (Lipinski definition) is 0. The summed E-state index contributed by atoms with van der Waals surface area (Å²) in [7, 11) is -4.69. The predicted octanol–water partition coefficient (Wildman–Crippen LogP) is 1.56. The van der Waals surface area contributed by atoms with E-state index in [1.807, 2.05) is 0 Å². The summed E-state index contributed by atoms with van der Waals surface area (Å²) < 4.78 is 35.2. The van der Waals surface area contributed by atoms with E-state index in [1.165, 1.54) is 11.1 Å². The molecule has 8 heteroatoms. The topological polar surface area (TPSA) is 67.3 Å². The smallest absolute Gasteiger partial charge is 0.307 e. The molecule has 1 amide bonds. The highest BCUT2D eigenvalue weighted by molar-refractivity contribution is 9.10. The van der Waals surface area contributed by atoms with Crippen molar-refractivity contribution >= 4 is 37.7 Å². The Bertz CT molecular complexity index is 605. The fourth-order valence-corrected chi connectivity index (χ4v) is 3.01. The van der Waals surface area contributed by atoms with E-state index in [2.05, 4.69) is 20.9 Å². The van der Waals surface area contributed by atoms with Crippen LogP contribution in [0.3, 0.4) is 0 Å². The Kier molecular flexibility index (Phi) is 3.41. The molecule has 1 saturated heterocycles. The fourth-order valence-electron chi connectivity index (χ4n) is 1.89. The van der Waals surface area contributed by atoms with Gasteiger partial charge in [-0.25, -0.2) is 4.98 Å². The Morgan fingerprint density at radius 2 is 2.22 bits per heavy atom. The van der Waals surface area contributed by atoms with Gasteiger partial charge in [0.25, 0.3) is 0 Å². The molecular formula is C10H10BrFN2O3S. The standard InChI is InChI=1S/C10H10BrFN2O3S/c1-6-2-9(11)13-4-8(6)14-5-7(3-10(14)15)18(12,16)17/h2,4,7H,3,5H2,1H3. The van der Waals surface area contributed by atoms with E-state index < -0.39 is 21.4 Å². The van der Waals surface area contributed by atoms with Crippen LogP contribution in [-0.4, -0.2) is 31.1 Å². The van der Waals surface area contributed by atoms with Crippen molar-refractivity contribution in [1.82, 2.24) is 4.98 Å². The zero-order valence-electron chi connectivity index (χ0n) is 9.43. The largest absolute Gasteiger partial charge is 0.309 e. The first kappa shape index (κ1) is 13.4. The molecule has 1 atom stereocenters. The molecule has 0 aliphatic carbocycles. The van der Waals surface area contributed by atoms with Crippen molar-refractivity contribution in [1.29, 1.82) is 0 Å². The van der Waals surface area contributed by atoms with E-state index in [1.54, 1.807) is 13.0 Å². The van der Waals surface area contributed by atoms with Crippen molar-refractivity contribution in [2.75, 3.05) is 11.4 Å². The van der Waals surface area contributed by atoms with Crippen molar-refractivity contribution in [3.63, 3.8) is 0 Å². The maximum absolute atomic E-state index is 12.9. The number of hydrogen-bond acceptors (Lipinski definition) is 4. The second-order valence-corrected chi connectivity index (χ2v) is 6.53. The minimum Gasteiger partial charge on any atom is -0.309 e. The minimum atomic E-state index is -4.69. The van der Waals surface area contributed by atoms with Gasteiger partial charge >= 0.3 is 10.2 Å². The van der Waals surface area contributed by atoms with Gasteiger partial charge in [0, 0.05) is 13.0 Å². The Morgan fingerprint density at radius 1 is 1.56 bits per heavy atom. The van der Waals surface area contributed by atoms with Crippen LogP contribution in [0.5, 0.6) is 0 Å². The molecule has 98 valence electrons. The lowest BCUT2D eigenvalue weighted by Crippen LogP contribution is -2.27. The van der Waals surface area contributed by atoms with Gasteiger partial charge in [0.2, 0.25) is 5.91 Å². The van der Waals surface area contributed by atoms with E-state index in [4.69, 9.17) is 0 Å². The SMILES string of the molecule is Cc1cc(Br)ncc1N1CC(S(=O)(=O)F)CC1=O. The number of nitrogens with zero attached hydrogens (tertiary/aromatic N) is 2. The lowest BCUT2D eigenvalue weighted by Gasteiger charge is -2.18. The van der Waals surface area contributed by atoms with Crippen LogP contribution >= 0.6 is 15.9 Å². The van der Waals surface area contributed by atoms with Crippen LogP contribution in [0.25, 0.3) is 0 Å². The van der Waals surface area contributed by atoms with E-state index in [0.717, 1.165) is 5.56 Å². The fraction of sp³-hybridized carbons (Fsp3) is 0.400. The van der Waals surface area contributed by atoms with Gasteiger partial charge in [-0.05, 0) is 34.5 Å². The number of carbonyl (C=O) groups excluding carboxylic acids is 1. The maximum atomic E-state index is 12.9. The Hall–Kier alpha value is -1.02. The molecule has 1 aromatic rings. The summed E-state index contributed by atoms with van der Waals surface area (Å²) in [4.78, 5) is 17.0. The normalized spacial score (nSPS) is 20.5. The summed E-state index contributed by atoms with van der Waals surface area (Å²) >= 11 is 3.19. The van der Waals surface area contributed by atoms with Crippen LogP contribution in [0.4, 0.5) is 9.57 Å². The molecule has 1 unspecified atom stereocenters. The average Bonchev–Trinajstić information content (AvgIpc) is 2.60. The lowest BCUT2D eigenvalue weighted by atomic mass is 10.2. The Morgan fingerprint density at radius 3 is 2.72 bits per heavy atom. The van der Waals surface area contributed by atoms with Crippen molar-refractivity contribution in [2.45, 2.75) is 18.6 Å². The maximum Gasteiger partial charge on any atom is 0.307 e. The zero-order valence-corrected chi connectivity index (χ0v) is 11.8. The first-order chi connectivity index (χ1) is 8.29. The first-order valence-electron chi connectivity index (χ1n) is 5.15. The lowest BCUT2D eigenvalue weighted by molar-refractivity contribution is -0.117. The van der Waals surface area contributed by atoms with Crippen LogP contribution in [0.2, 0.25) is 0 Å². The molecule has 1 aliphatic heterocycles. The molecule has 0 aromatic carbocycles. The number of carbonyl (C=O) groups is 1. The highest BCUT2D eigenvalue weighted by atomic mass is 79.9. The highest BCUT2D eigenvalue weighted by Crippen LogP contribution is 2.28. The molecule has 5 nitrogen and oxygen atoms in total. The number of amides is 1. The predicted molar refractivity (Wildman–Crippen MR) is 67.5 cm³/mol. The Labute approximate surface area is 112 Å². The first-order valence-corrected chi connectivity index (χ1v) is 7.39. The van der Waals surface area contributed by atoms with Gasteiger partial charge in [-0.2, -0.15) is 8.42 Å². The number of pyridine rings is 1. The molecule has 0 spiro atoms. The third-order valence-corrected chi connectivity index (χ3v) is 4.37. The van der Waals surface area contributed by atoms with E-state index in [0.29, 0.717) is 10.3 Å². The molecule has 0 N–H and O–H groups in total. The van der Waals surface area contributed by atoms with Gasteiger partial charge in [-0.3, -0.25) is 4.79 Å². The van der Waals surface area contributed by atoms with Crippen molar-refractivity contribution in [3.05, 3.63) is 22.4 Å². The van der Waals surface area contributed by atoms with E-state index in [9.17, 15) is 17.1 Å². The van der Waals surface area contributed by atoms with E-state index >= 15 is 0 Å². The number of rotatable bonds is 2. The summed E-state index contributed by atoms with van der Waals surface area (Å²) in [5, 5.41) is -1.28. The molecule has 1 aliphatic rings. The minimum absolute atomic E-state index is 0.165. The second-order valence-electron chi connectivity index (χ2n) is 4.10. The van der Waals surface area contributed by atoms with Gasteiger partial charge in [0.15, 0.2) is 0 Å². The number of aryl methyl sites for hydroxylation is 1. The molecule has 0 bridgehead atoms. The molecule has 0 saturated carbocycles. The van der Waals surface area contributed by atoms with Crippen LogP contribution in [0, 0.1) is 6.92 Å². The third kappa shape index (κ3) is 2.54. The molecule has 1 fully saturated rings. The molecule has 18 heavy (non-hydrogen) atoms. The average molecular weight is 337 g/mol. The summed E-state index contributed by atoms with van der Waals surface area (Å²) in [6.45, 7) is 1.61.